The summed E-state index contributed by atoms with van der Waals surface area (Å²) in [5.74, 6) is -0.565. The molecule has 0 spiro atoms. The van der Waals surface area contributed by atoms with Crippen LogP contribution >= 0.6 is 0 Å². The highest BCUT2D eigenvalue weighted by atomic mass is 19.1. The van der Waals surface area contributed by atoms with Gasteiger partial charge in [-0.2, -0.15) is 5.10 Å². The minimum Gasteiger partial charge on any atom is -0.349 e. The van der Waals surface area contributed by atoms with Crippen LogP contribution < -0.4 is 10.6 Å². The van der Waals surface area contributed by atoms with Gasteiger partial charge >= 0.3 is 0 Å². The summed E-state index contributed by atoms with van der Waals surface area (Å²) >= 11 is 0. The van der Waals surface area contributed by atoms with Crippen LogP contribution in [0.5, 0.6) is 0 Å². The summed E-state index contributed by atoms with van der Waals surface area (Å²) in [6.45, 7) is 0.534. The fourth-order valence-corrected chi connectivity index (χ4v) is 3.46. The van der Waals surface area contributed by atoms with Crippen LogP contribution in [0.15, 0.2) is 36.7 Å². The van der Waals surface area contributed by atoms with E-state index in [1.54, 1.807) is 12.3 Å². The number of hydrogen-bond donors (Lipinski definition) is 1. The normalized spacial score (nSPS) is 17.2. The molecule has 0 aliphatic carbocycles. The number of rotatable bonds is 4. The second kappa shape index (κ2) is 6.45. The van der Waals surface area contributed by atoms with Crippen LogP contribution in [0.25, 0.3) is 5.65 Å². The van der Waals surface area contributed by atoms with Gasteiger partial charge in [-0.25, -0.2) is 18.3 Å². The smallest absolute Gasteiger partial charge is 0.181 e. The van der Waals surface area contributed by atoms with Gasteiger partial charge in [-0.1, -0.05) is 0 Å². The number of anilines is 1. The average molecular weight is 357 g/mol. The molecule has 0 radical (unpaired) electrons. The molecular weight excluding hydrogens is 340 g/mol. The fourth-order valence-electron chi connectivity index (χ4n) is 3.46. The molecule has 8 heteroatoms. The SMILES string of the molecule is NCC(=O)c1cnn2ccc(N3CCCC3c3cc(F)ccc3F)nc12. The number of benzene rings is 1. The standard InChI is InChI=1S/C18H17F2N5O/c19-11-3-4-14(20)12(8-11)15-2-1-6-24(15)17-5-7-25-18(23-17)13(10-22-25)16(26)9-21/h3-5,7-8,10,15H,1-2,6,9,21H2. The molecule has 3 aromatic rings. The van der Waals surface area contributed by atoms with E-state index in [4.69, 9.17) is 5.73 Å². The maximum absolute atomic E-state index is 14.2. The summed E-state index contributed by atoms with van der Waals surface area (Å²) in [6.07, 6.45) is 4.67. The van der Waals surface area contributed by atoms with E-state index in [2.05, 4.69) is 10.1 Å². The highest BCUT2D eigenvalue weighted by molar-refractivity contribution is 6.02. The summed E-state index contributed by atoms with van der Waals surface area (Å²) < 4.78 is 29.4. The van der Waals surface area contributed by atoms with Crippen LogP contribution in [-0.2, 0) is 0 Å². The lowest BCUT2D eigenvalue weighted by Crippen LogP contribution is -2.24. The van der Waals surface area contributed by atoms with Crippen molar-refractivity contribution < 1.29 is 13.6 Å². The van der Waals surface area contributed by atoms with Gasteiger partial charge in [0.1, 0.15) is 17.5 Å². The Morgan fingerprint density at radius 3 is 2.96 bits per heavy atom. The zero-order chi connectivity index (χ0) is 18.3. The average Bonchev–Trinajstić information content (AvgIpc) is 3.29. The van der Waals surface area contributed by atoms with E-state index in [0.717, 1.165) is 18.6 Å². The van der Waals surface area contributed by atoms with Crippen molar-refractivity contribution in [1.82, 2.24) is 14.6 Å². The summed E-state index contributed by atoms with van der Waals surface area (Å²) in [5.41, 5.74) is 6.51. The van der Waals surface area contributed by atoms with Gasteiger partial charge in [0.15, 0.2) is 11.4 Å². The fraction of sp³-hybridized carbons (Fsp3) is 0.278. The molecule has 1 fully saturated rings. The number of fused-ring (bicyclic) bond motifs is 1. The first-order valence-corrected chi connectivity index (χ1v) is 8.37. The van der Waals surface area contributed by atoms with Crippen LogP contribution in [0.2, 0.25) is 0 Å². The Bertz CT molecular complexity index is 987. The summed E-state index contributed by atoms with van der Waals surface area (Å²) in [7, 11) is 0. The molecule has 26 heavy (non-hydrogen) atoms. The Balaban J connectivity index is 1.76. The molecule has 1 saturated heterocycles. The molecule has 3 heterocycles. The summed E-state index contributed by atoms with van der Waals surface area (Å²) in [5, 5.41) is 4.11. The highest BCUT2D eigenvalue weighted by Gasteiger charge is 2.30. The molecule has 1 unspecified atom stereocenters. The van der Waals surface area contributed by atoms with Crippen LogP contribution in [0.4, 0.5) is 14.6 Å². The van der Waals surface area contributed by atoms with Gasteiger partial charge in [-0.3, -0.25) is 4.79 Å². The second-order valence-electron chi connectivity index (χ2n) is 6.26. The van der Waals surface area contributed by atoms with Crippen LogP contribution in [-0.4, -0.2) is 33.5 Å². The van der Waals surface area contributed by atoms with Crippen molar-refractivity contribution in [3.05, 3.63) is 59.4 Å². The Morgan fingerprint density at radius 1 is 1.31 bits per heavy atom. The lowest BCUT2D eigenvalue weighted by molar-refractivity contribution is 0.100. The quantitative estimate of drug-likeness (QED) is 0.726. The van der Waals surface area contributed by atoms with Crippen LogP contribution in [0.1, 0.15) is 34.8 Å². The second-order valence-corrected chi connectivity index (χ2v) is 6.26. The van der Waals surface area contributed by atoms with E-state index < -0.39 is 11.6 Å². The molecule has 0 saturated carbocycles. The maximum Gasteiger partial charge on any atom is 0.181 e. The number of carbonyl (C=O) groups is 1. The van der Waals surface area contributed by atoms with E-state index in [9.17, 15) is 13.6 Å². The van der Waals surface area contributed by atoms with Crippen molar-refractivity contribution in [2.24, 2.45) is 5.73 Å². The maximum atomic E-state index is 14.2. The molecule has 2 aromatic heterocycles. The molecular formula is C18H17F2N5O. The Hall–Kier alpha value is -2.87. The van der Waals surface area contributed by atoms with Crippen molar-refractivity contribution in [2.45, 2.75) is 18.9 Å². The van der Waals surface area contributed by atoms with Crippen molar-refractivity contribution in [1.29, 1.82) is 0 Å². The first kappa shape index (κ1) is 16.6. The zero-order valence-corrected chi connectivity index (χ0v) is 13.9. The number of nitrogens with zero attached hydrogens (tertiary/aromatic N) is 4. The highest BCUT2D eigenvalue weighted by Crippen LogP contribution is 2.36. The number of Topliss-reactive ketones (excluding diaryl/α,β-unsaturated/α-hetero) is 1. The number of carbonyl (C=O) groups excluding carboxylic acids is 1. The van der Waals surface area contributed by atoms with Crippen LogP contribution in [0, 0.1) is 11.6 Å². The third-order valence-corrected chi connectivity index (χ3v) is 4.70. The molecule has 1 aromatic carbocycles. The number of hydrogen-bond acceptors (Lipinski definition) is 5. The van der Waals surface area contributed by atoms with Gasteiger partial charge in [-0.15, -0.1) is 0 Å². The van der Waals surface area contributed by atoms with E-state index >= 15 is 0 Å². The molecule has 1 aliphatic heterocycles. The minimum absolute atomic E-state index is 0.131. The van der Waals surface area contributed by atoms with Crippen molar-refractivity contribution in [3.8, 4) is 0 Å². The van der Waals surface area contributed by atoms with E-state index in [1.807, 2.05) is 4.90 Å². The first-order chi connectivity index (χ1) is 12.6. The lowest BCUT2D eigenvalue weighted by atomic mass is 10.0. The van der Waals surface area contributed by atoms with Crippen LogP contribution in [0.3, 0.4) is 0 Å². The molecule has 1 aliphatic rings. The van der Waals surface area contributed by atoms with Gasteiger partial charge < -0.3 is 10.6 Å². The zero-order valence-electron chi connectivity index (χ0n) is 13.9. The minimum atomic E-state index is -0.469. The van der Waals surface area contributed by atoms with E-state index in [-0.39, 0.29) is 18.4 Å². The Morgan fingerprint density at radius 2 is 2.15 bits per heavy atom. The number of halogens is 2. The number of ketones is 1. The monoisotopic (exact) mass is 357 g/mol. The molecule has 0 bridgehead atoms. The largest absolute Gasteiger partial charge is 0.349 e. The molecule has 2 N–H and O–H groups in total. The van der Waals surface area contributed by atoms with E-state index in [0.29, 0.717) is 35.6 Å². The van der Waals surface area contributed by atoms with Gasteiger partial charge in [-0.05, 0) is 37.1 Å². The molecule has 6 nitrogen and oxygen atoms in total. The van der Waals surface area contributed by atoms with Gasteiger partial charge in [0.25, 0.3) is 0 Å². The third kappa shape index (κ3) is 2.72. The first-order valence-electron chi connectivity index (χ1n) is 8.37. The Labute approximate surface area is 148 Å². The molecule has 4 rings (SSSR count). The van der Waals surface area contributed by atoms with Crippen molar-refractivity contribution in [3.63, 3.8) is 0 Å². The molecule has 0 amide bonds. The predicted octanol–water partition coefficient (Wildman–Crippen LogP) is 2.49. The molecule has 1 atom stereocenters. The number of aromatic nitrogens is 3. The summed E-state index contributed by atoms with van der Waals surface area (Å²) in [6, 6.07) is 4.94. The Kier molecular flexibility index (Phi) is 4.12. The van der Waals surface area contributed by atoms with E-state index in [1.165, 1.54) is 16.8 Å². The lowest BCUT2D eigenvalue weighted by Gasteiger charge is -2.26. The number of nitrogens with two attached hydrogens (primary N) is 1. The van der Waals surface area contributed by atoms with Gasteiger partial charge in [0.2, 0.25) is 0 Å². The predicted molar refractivity (Wildman–Crippen MR) is 92.1 cm³/mol. The van der Waals surface area contributed by atoms with Crippen molar-refractivity contribution >= 4 is 17.2 Å². The van der Waals surface area contributed by atoms with Gasteiger partial charge in [0.05, 0.1) is 24.3 Å². The summed E-state index contributed by atoms with van der Waals surface area (Å²) in [4.78, 5) is 18.4. The van der Waals surface area contributed by atoms with Gasteiger partial charge in [0, 0.05) is 18.3 Å². The molecule has 134 valence electrons. The van der Waals surface area contributed by atoms with Crippen molar-refractivity contribution in [2.75, 3.05) is 18.0 Å². The third-order valence-electron chi connectivity index (χ3n) is 4.70. The topological polar surface area (TPSA) is 76.5 Å².